The standard InChI is InChI=1S/C13H18N2O7/c1-11(16,17)15(13(20,21)22)12(18,19)6-8-7-14-10-5-3-2-4-9(8)10/h2-5,7,14,16-22H,6H2,1H3. The molecule has 1 aromatic heterocycles. The van der Waals surface area contributed by atoms with Crippen molar-refractivity contribution >= 4 is 10.9 Å². The van der Waals surface area contributed by atoms with Crippen molar-refractivity contribution in [2.24, 2.45) is 0 Å². The normalized spacial score (nSPS) is 14.0. The fraction of sp³-hybridized carbons (Fsp3) is 0.385. The van der Waals surface area contributed by atoms with Gasteiger partial charge in [0.25, 0.3) is 0 Å². The van der Waals surface area contributed by atoms with E-state index in [0.29, 0.717) is 23.4 Å². The lowest BCUT2D eigenvalue weighted by atomic mass is 10.1. The molecule has 1 aromatic carbocycles. The van der Waals surface area contributed by atoms with Crippen LogP contribution in [-0.4, -0.2) is 63.5 Å². The molecule has 0 spiro atoms. The number of H-pyrrole nitrogens is 1. The Kier molecular flexibility index (Phi) is 4.02. The highest BCUT2D eigenvalue weighted by Gasteiger charge is 2.54. The van der Waals surface area contributed by atoms with Gasteiger partial charge in [-0.05, 0) is 11.6 Å². The van der Waals surface area contributed by atoms with Crippen molar-refractivity contribution in [1.82, 2.24) is 9.88 Å². The SMILES string of the molecule is CC(O)(O)N(C(O)(O)O)C(O)(O)Cc1c[nH]c2ccccc12. The monoisotopic (exact) mass is 314 g/mol. The zero-order valence-corrected chi connectivity index (χ0v) is 11.7. The number of para-hydroxylation sites is 1. The van der Waals surface area contributed by atoms with Crippen molar-refractivity contribution in [3.8, 4) is 0 Å². The quantitative estimate of drug-likeness (QED) is 0.291. The van der Waals surface area contributed by atoms with Gasteiger partial charge in [0.05, 0.1) is 0 Å². The number of aromatic amines is 1. The van der Waals surface area contributed by atoms with Crippen LogP contribution in [0.25, 0.3) is 10.9 Å². The van der Waals surface area contributed by atoms with E-state index in [9.17, 15) is 35.7 Å². The molecule has 0 saturated heterocycles. The van der Waals surface area contributed by atoms with E-state index in [0.717, 1.165) is 0 Å². The minimum absolute atomic E-state index is 0.346. The maximum absolute atomic E-state index is 10.0. The van der Waals surface area contributed by atoms with Crippen molar-refractivity contribution in [2.75, 3.05) is 0 Å². The Bertz CT molecular complexity index is 640. The third-order valence-electron chi connectivity index (χ3n) is 3.18. The van der Waals surface area contributed by atoms with Gasteiger partial charge < -0.3 is 40.7 Å². The summed E-state index contributed by atoms with van der Waals surface area (Å²) in [7, 11) is 0. The summed E-state index contributed by atoms with van der Waals surface area (Å²) in [6.07, 6.45) is -3.09. The Morgan fingerprint density at radius 1 is 1.00 bits per heavy atom. The van der Waals surface area contributed by atoms with Gasteiger partial charge in [-0.15, -0.1) is 4.90 Å². The lowest BCUT2D eigenvalue weighted by Gasteiger charge is -2.44. The third-order valence-corrected chi connectivity index (χ3v) is 3.18. The van der Waals surface area contributed by atoms with Gasteiger partial charge >= 0.3 is 6.10 Å². The molecule has 0 fully saturated rings. The number of hydrogen-bond donors (Lipinski definition) is 8. The van der Waals surface area contributed by atoms with Gasteiger partial charge in [-0.3, -0.25) is 0 Å². The zero-order chi connectivity index (χ0) is 16.8. The first kappa shape index (κ1) is 16.8. The van der Waals surface area contributed by atoms with E-state index in [1.165, 1.54) is 6.20 Å². The molecule has 0 unspecified atom stereocenters. The molecule has 0 saturated carbocycles. The van der Waals surface area contributed by atoms with Crippen LogP contribution in [0.2, 0.25) is 0 Å². The highest BCUT2D eigenvalue weighted by Crippen LogP contribution is 2.29. The predicted octanol–water partition coefficient (Wildman–Crippen LogP) is -2.10. The number of rotatable bonds is 5. The summed E-state index contributed by atoms with van der Waals surface area (Å²) in [5.41, 5.74) is 1.04. The topological polar surface area (TPSA) is 161 Å². The van der Waals surface area contributed by atoms with Crippen LogP contribution in [0, 0.1) is 0 Å². The Morgan fingerprint density at radius 3 is 2.14 bits per heavy atom. The van der Waals surface area contributed by atoms with Crippen molar-refractivity contribution in [1.29, 1.82) is 0 Å². The van der Waals surface area contributed by atoms with Gasteiger partial charge in [0.15, 0.2) is 0 Å². The predicted molar refractivity (Wildman–Crippen MR) is 73.2 cm³/mol. The molecule has 22 heavy (non-hydrogen) atoms. The van der Waals surface area contributed by atoms with Gasteiger partial charge in [-0.2, -0.15) is 0 Å². The first-order valence-corrected chi connectivity index (χ1v) is 6.35. The minimum atomic E-state index is -3.88. The summed E-state index contributed by atoms with van der Waals surface area (Å²) in [5, 5.41) is 67.2. The fourth-order valence-corrected chi connectivity index (χ4v) is 2.48. The van der Waals surface area contributed by atoms with E-state index in [4.69, 9.17) is 0 Å². The second kappa shape index (κ2) is 5.26. The summed E-state index contributed by atoms with van der Waals surface area (Å²) in [6, 6.07) is 6.90. The van der Waals surface area contributed by atoms with Crippen LogP contribution >= 0.6 is 0 Å². The second-order valence-electron chi connectivity index (χ2n) is 5.22. The van der Waals surface area contributed by atoms with Gasteiger partial charge in [0.2, 0.25) is 11.8 Å². The summed E-state index contributed by atoms with van der Waals surface area (Å²) in [4.78, 5) is 2.41. The van der Waals surface area contributed by atoms with Crippen LogP contribution in [0.15, 0.2) is 30.5 Å². The maximum Gasteiger partial charge on any atom is 0.354 e. The fourth-order valence-electron chi connectivity index (χ4n) is 2.48. The molecule has 0 amide bonds. The smallest absolute Gasteiger partial charge is 0.354 e. The van der Waals surface area contributed by atoms with Gasteiger partial charge in [0.1, 0.15) is 0 Å². The van der Waals surface area contributed by atoms with Crippen LogP contribution in [0.3, 0.4) is 0 Å². The minimum Gasteiger partial charge on any atom is -0.361 e. The number of benzene rings is 1. The summed E-state index contributed by atoms with van der Waals surface area (Å²) >= 11 is 0. The molecule has 1 heterocycles. The molecular weight excluding hydrogens is 296 g/mol. The number of aliphatic hydroxyl groups is 7. The molecule has 2 rings (SSSR count). The number of nitrogens with one attached hydrogen (secondary N) is 1. The Labute approximate surface area is 124 Å². The molecule has 0 bridgehead atoms. The first-order valence-electron chi connectivity index (χ1n) is 6.35. The summed E-state index contributed by atoms with van der Waals surface area (Å²) in [6.45, 7) is 0.626. The van der Waals surface area contributed by atoms with Gasteiger partial charge in [0, 0.05) is 30.4 Å². The lowest BCUT2D eigenvalue weighted by molar-refractivity contribution is -0.523. The van der Waals surface area contributed by atoms with E-state index >= 15 is 0 Å². The van der Waals surface area contributed by atoms with E-state index in [1.54, 1.807) is 24.3 Å². The molecule has 2 aromatic rings. The highest BCUT2D eigenvalue weighted by atomic mass is 16.7. The summed E-state index contributed by atoms with van der Waals surface area (Å²) < 4.78 is 0. The van der Waals surface area contributed by atoms with E-state index in [-0.39, 0.29) is 0 Å². The number of aromatic nitrogens is 1. The molecule has 0 aliphatic carbocycles. The second-order valence-corrected chi connectivity index (χ2v) is 5.22. The van der Waals surface area contributed by atoms with E-state index in [1.807, 2.05) is 0 Å². The van der Waals surface area contributed by atoms with E-state index in [2.05, 4.69) is 4.98 Å². The number of hydrogen-bond acceptors (Lipinski definition) is 8. The van der Waals surface area contributed by atoms with Crippen LogP contribution in [0.5, 0.6) is 0 Å². The zero-order valence-electron chi connectivity index (χ0n) is 11.7. The molecule has 0 aliphatic rings. The average Bonchev–Trinajstić information content (AvgIpc) is 2.67. The van der Waals surface area contributed by atoms with Crippen molar-refractivity contribution in [2.45, 2.75) is 31.3 Å². The van der Waals surface area contributed by atoms with E-state index < -0.39 is 29.2 Å². The molecule has 0 atom stereocenters. The lowest BCUT2D eigenvalue weighted by Crippen LogP contribution is -2.70. The Hall–Kier alpha value is -1.56. The molecule has 0 aliphatic heterocycles. The molecule has 9 nitrogen and oxygen atoms in total. The number of nitrogens with zero attached hydrogens (tertiary/aromatic N) is 1. The van der Waals surface area contributed by atoms with Crippen molar-refractivity contribution in [3.05, 3.63) is 36.0 Å². The van der Waals surface area contributed by atoms with Gasteiger partial charge in [-0.1, -0.05) is 18.2 Å². The van der Waals surface area contributed by atoms with Crippen LogP contribution < -0.4 is 0 Å². The molecule has 8 N–H and O–H groups in total. The van der Waals surface area contributed by atoms with Crippen LogP contribution in [-0.2, 0) is 6.42 Å². The largest absolute Gasteiger partial charge is 0.361 e. The highest BCUT2D eigenvalue weighted by molar-refractivity contribution is 5.83. The average molecular weight is 314 g/mol. The number of fused-ring (bicyclic) bond motifs is 1. The van der Waals surface area contributed by atoms with Crippen molar-refractivity contribution in [3.63, 3.8) is 0 Å². The molecular formula is C13H18N2O7. The van der Waals surface area contributed by atoms with Crippen LogP contribution in [0.1, 0.15) is 12.5 Å². The molecule has 0 radical (unpaired) electrons. The molecule has 9 heteroatoms. The van der Waals surface area contributed by atoms with Crippen molar-refractivity contribution < 1.29 is 35.7 Å². The third kappa shape index (κ3) is 3.27. The molecule has 122 valence electrons. The Morgan fingerprint density at radius 2 is 1.59 bits per heavy atom. The van der Waals surface area contributed by atoms with Crippen LogP contribution in [0.4, 0.5) is 0 Å². The maximum atomic E-state index is 10.0. The van der Waals surface area contributed by atoms with Gasteiger partial charge in [-0.25, -0.2) is 0 Å². The Balaban J connectivity index is 2.40. The summed E-state index contributed by atoms with van der Waals surface area (Å²) in [5.74, 6) is -6.31. The first-order chi connectivity index (χ1) is 9.93.